The van der Waals surface area contributed by atoms with Gasteiger partial charge < -0.3 is 5.11 Å². The van der Waals surface area contributed by atoms with Crippen molar-refractivity contribution in [1.82, 2.24) is 14.7 Å². The molecular weight excluding hydrogens is 274 g/mol. The molecular formula is C18H25N3O. The predicted molar refractivity (Wildman–Crippen MR) is 87.9 cm³/mol. The SMILES string of the molecule is CCC1(CO)CCN(Cc2ccc(-n3cccn3)cc2)CC1. The van der Waals surface area contributed by atoms with E-state index in [1.54, 1.807) is 6.20 Å². The molecule has 22 heavy (non-hydrogen) atoms. The Balaban J connectivity index is 1.58. The number of hydrogen-bond donors (Lipinski definition) is 1. The maximum absolute atomic E-state index is 9.61. The number of likely N-dealkylation sites (tertiary alicyclic amines) is 1. The number of rotatable bonds is 5. The number of aliphatic hydroxyl groups excluding tert-OH is 1. The van der Waals surface area contributed by atoms with Gasteiger partial charge in [-0.05, 0) is 61.5 Å². The summed E-state index contributed by atoms with van der Waals surface area (Å²) in [5.74, 6) is 0. The first kappa shape index (κ1) is 15.3. The Hall–Kier alpha value is -1.65. The van der Waals surface area contributed by atoms with Crippen molar-refractivity contribution >= 4 is 0 Å². The monoisotopic (exact) mass is 299 g/mol. The van der Waals surface area contributed by atoms with Gasteiger partial charge in [0.1, 0.15) is 0 Å². The van der Waals surface area contributed by atoms with E-state index < -0.39 is 0 Å². The highest BCUT2D eigenvalue weighted by molar-refractivity contribution is 5.33. The largest absolute Gasteiger partial charge is 0.396 e. The third-order valence-corrected chi connectivity index (χ3v) is 5.11. The van der Waals surface area contributed by atoms with Gasteiger partial charge in [-0.3, -0.25) is 4.90 Å². The number of aromatic nitrogens is 2. The molecule has 0 atom stereocenters. The normalized spacial score (nSPS) is 18.5. The number of hydrogen-bond acceptors (Lipinski definition) is 3. The van der Waals surface area contributed by atoms with E-state index in [4.69, 9.17) is 0 Å². The third-order valence-electron chi connectivity index (χ3n) is 5.11. The van der Waals surface area contributed by atoms with Gasteiger partial charge in [0.15, 0.2) is 0 Å². The second-order valence-electron chi connectivity index (χ2n) is 6.40. The summed E-state index contributed by atoms with van der Waals surface area (Å²) in [4.78, 5) is 2.49. The first-order valence-corrected chi connectivity index (χ1v) is 8.17. The fourth-order valence-corrected chi connectivity index (χ4v) is 3.24. The van der Waals surface area contributed by atoms with E-state index in [9.17, 15) is 5.11 Å². The van der Waals surface area contributed by atoms with Crippen LogP contribution in [-0.2, 0) is 6.54 Å². The zero-order valence-corrected chi connectivity index (χ0v) is 13.3. The van der Waals surface area contributed by atoms with E-state index in [0.29, 0.717) is 6.61 Å². The Morgan fingerprint density at radius 3 is 2.45 bits per heavy atom. The molecule has 0 spiro atoms. The summed E-state index contributed by atoms with van der Waals surface area (Å²) in [6, 6.07) is 10.5. The first-order chi connectivity index (χ1) is 10.7. The highest BCUT2D eigenvalue weighted by Crippen LogP contribution is 2.34. The molecule has 1 aromatic heterocycles. The highest BCUT2D eigenvalue weighted by Gasteiger charge is 2.32. The maximum atomic E-state index is 9.61. The Kier molecular flexibility index (Phi) is 4.60. The molecule has 4 nitrogen and oxygen atoms in total. The second kappa shape index (κ2) is 6.63. The lowest BCUT2D eigenvalue weighted by molar-refractivity contribution is 0.0382. The molecule has 0 aliphatic carbocycles. The van der Waals surface area contributed by atoms with E-state index in [1.807, 2.05) is 16.9 Å². The molecule has 3 rings (SSSR count). The van der Waals surface area contributed by atoms with Crippen LogP contribution in [0.4, 0.5) is 0 Å². The number of nitrogens with zero attached hydrogens (tertiary/aromatic N) is 3. The summed E-state index contributed by atoms with van der Waals surface area (Å²) in [5.41, 5.74) is 2.60. The number of aliphatic hydroxyl groups is 1. The summed E-state index contributed by atoms with van der Waals surface area (Å²) in [7, 11) is 0. The van der Waals surface area contributed by atoms with Crippen LogP contribution in [0.5, 0.6) is 0 Å². The molecule has 4 heteroatoms. The lowest BCUT2D eigenvalue weighted by Crippen LogP contribution is -2.41. The van der Waals surface area contributed by atoms with Crippen LogP contribution in [0.25, 0.3) is 5.69 Å². The molecule has 1 fully saturated rings. The second-order valence-corrected chi connectivity index (χ2v) is 6.40. The molecule has 0 bridgehead atoms. The standard InChI is InChI=1S/C18H25N3O/c1-2-18(15-22)8-12-20(13-9-18)14-16-4-6-17(7-5-16)21-11-3-10-19-21/h3-7,10-11,22H,2,8-9,12-15H2,1H3. The number of piperidine rings is 1. The summed E-state index contributed by atoms with van der Waals surface area (Å²) < 4.78 is 1.88. The minimum absolute atomic E-state index is 0.167. The zero-order valence-electron chi connectivity index (χ0n) is 13.3. The molecule has 1 aromatic carbocycles. The van der Waals surface area contributed by atoms with Crippen LogP contribution in [0.1, 0.15) is 31.7 Å². The van der Waals surface area contributed by atoms with Crippen LogP contribution < -0.4 is 0 Å². The van der Waals surface area contributed by atoms with Gasteiger partial charge in [0.05, 0.1) is 5.69 Å². The van der Waals surface area contributed by atoms with Gasteiger partial charge in [0, 0.05) is 25.5 Å². The van der Waals surface area contributed by atoms with Gasteiger partial charge in [-0.2, -0.15) is 5.10 Å². The van der Waals surface area contributed by atoms with E-state index in [1.165, 1.54) is 5.56 Å². The van der Waals surface area contributed by atoms with Crippen molar-refractivity contribution in [3.05, 3.63) is 48.3 Å². The molecule has 1 aliphatic rings. The fraction of sp³-hybridized carbons (Fsp3) is 0.500. The maximum Gasteiger partial charge on any atom is 0.0645 e. The summed E-state index contributed by atoms with van der Waals surface area (Å²) >= 11 is 0. The van der Waals surface area contributed by atoms with Gasteiger partial charge in [-0.25, -0.2) is 4.68 Å². The van der Waals surface area contributed by atoms with Gasteiger partial charge in [-0.1, -0.05) is 19.1 Å². The van der Waals surface area contributed by atoms with E-state index in [-0.39, 0.29) is 5.41 Å². The molecule has 1 aliphatic heterocycles. The predicted octanol–water partition coefficient (Wildman–Crippen LogP) is 2.86. The van der Waals surface area contributed by atoms with Gasteiger partial charge in [0.25, 0.3) is 0 Å². The quantitative estimate of drug-likeness (QED) is 0.923. The molecule has 0 unspecified atom stereocenters. The topological polar surface area (TPSA) is 41.3 Å². The van der Waals surface area contributed by atoms with Crippen LogP contribution in [0.3, 0.4) is 0 Å². The minimum Gasteiger partial charge on any atom is -0.396 e. The molecule has 0 amide bonds. The van der Waals surface area contributed by atoms with E-state index in [0.717, 1.165) is 44.6 Å². The van der Waals surface area contributed by atoms with Crippen molar-refractivity contribution in [1.29, 1.82) is 0 Å². The summed E-state index contributed by atoms with van der Waals surface area (Å²) in [5, 5.41) is 13.9. The van der Waals surface area contributed by atoms with E-state index >= 15 is 0 Å². The van der Waals surface area contributed by atoms with Crippen molar-refractivity contribution in [2.24, 2.45) is 5.41 Å². The van der Waals surface area contributed by atoms with Gasteiger partial charge in [-0.15, -0.1) is 0 Å². The smallest absolute Gasteiger partial charge is 0.0645 e. The minimum atomic E-state index is 0.167. The average Bonchev–Trinajstić information content (AvgIpc) is 3.11. The van der Waals surface area contributed by atoms with Crippen LogP contribution in [0, 0.1) is 5.41 Å². The molecule has 118 valence electrons. The van der Waals surface area contributed by atoms with Gasteiger partial charge >= 0.3 is 0 Å². The molecule has 2 aromatic rings. The molecule has 0 saturated carbocycles. The van der Waals surface area contributed by atoms with Crippen molar-refractivity contribution in [3.8, 4) is 5.69 Å². The Labute approximate surface area is 132 Å². The number of benzene rings is 1. The van der Waals surface area contributed by atoms with Gasteiger partial charge in [0.2, 0.25) is 0 Å². The van der Waals surface area contributed by atoms with Crippen molar-refractivity contribution in [2.45, 2.75) is 32.7 Å². The molecule has 0 radical (unpaired) electrons. The zero-order chi connectivity index (χ0) is 15.4. The van der Waals surface area contributed by atoms with Crippen LogP contribution in [-0.4, -0.2) is 39.5 Å². The Bertz CT molecular complexity index is 563. The Morgan fingerprint density at radius 1 is 1.18 bits per heavy atom. The summed E-state index contributed by atoms with van der Waals surface area (Å²) in [6.07, 6.45) is 7.04. The summed E-state index contributed by atoms with van der Waals surface area (Å²) in [6.45, 7) is 5.67. The van der Waals surface area contributed by atoms with E-state index in [2.05, 4.69) is 41.2 Å². The highest BCUT2D eigenvalue weighted by atomic mass is 16.3. The van der Waals surface area contributed by atoms with Crippen LogP contribution >= 0.6 is 0 Å². The van der Waals surface area contributed by atoms with Crippen molar-refractivity contribution < 1.29 is 5.11 Å². The molecule has 1 N–H and O–H groups in total. The van der Waals surface area contributed by atoms with Crippen LogP contribution in [0.15, 0.2) is 42.7 Å². The Morgan fingerprint density at radius 2 is 1.91 bits per heavy atom. The molecule has 1 saturated heterocycles. The lowest BCUT2D eigenvalue weighted by Gasteiger charge is -2.40. The third kappa shape index (κ3) is 3.23. The molecule has 2 heterocycles. The lowest BCUT2D eigenvalue weighted by atomic mass is 9.77. The van der Waals surface area contributed by atoms with Crippen molar-refractivity contribution in [3.63, 3.8) is 0 Å². The fourth-order valence-electron chi connectivity index (χ4n) is 3.24. The first-order valence-electron chi connectivity index (χ1n) is 8.17. The van der Waals surface area contributed by atoms with Crippen LogP contribution in [0.2, 0.25) is 0 Å². The van der Waals surface area contributed by atoms with Crippen molar-refractivity contribution in [2.75, 3.05) is 19.7 Å². The average molecular weight is 299 g/mol.